The van der Waals surface area contributed by atoms with E-state index < -0.39 is 24.2 Å². The molecule has 0 unspecified atom stereocenters. The Morgan fingerprint density at radius 1 is 0.514 bits per heavy atom. The monoisotopic (exact) mass is 1020 g/mol. The molecule has 0 aromatic heterocycles. The summed E-state index contributed by atoms with van der Waals surface area (Å²) >= 11 is 0. The van der Waals surface area contributed by atoms with Gasteiger partial charge in [0.15, 0.2) is 0 Å². The summed E-state index contributed by atoms with van der Waals surface area (Å²) in [5, 5.41) is 12.2. The number of hydrogen-bond donors (Lipinski definition) is 4. The van der Waals surface area contributed by atoms with Crippen molar-refractivity contribution in [3.8, 4) is 0 Å². The first kappa shape index (κ1) is 56.0. The fraction of sp³-hybridized carbons (Fsp3) is 0.586. The summed E-state index contributed by atoms with van der Waals surface area (Å²) in [6.45, 7) is 5.65. The van der Waals surface area contributed by atoms with Gasteiger partial charge in [0.05, 0.1) is 12.1 Å². The molecule has 2 aliphatic carbocycles. The molecule has 3 aromatic carbocycles. The van der Waals surface area contributed by atoms with Crippen LogP contribution in [0.25, 0.3) is 0 Å². The number of carbonyl (C=O) groups is 6. The smallest absolute Gasteiger partial charge is 0.253 e. The van der Waals surface area contributed by atoms with Crippen molar-refractivity contribution in [2.75, 3.05) is 53.4 Å². The van der Waals surface area contributed by atoms with Gasteiger partial charge in [-0.25, -0.2) is 8.78 Å². The van der Waals surface area contributed by atoms with Crippen molar-refractivity contribution in [2.45, 2.75) is 153 Å². The van der Waals surface area contributed by atoms with Crippen molar-refractivity contribution < 1.29 is 37.5 Å². The van der Waals surface area contributed by atoms with Crippen molar-refractivity contribution >= 4 is 35.4 Å². The molecule has 2 saturated carbocycles. The minimum atomic E-state index is -0.668. The van der Waals surface area contributed by atoms with Crippen LogP contribution in [0.5, 0.6) is 0 Å². The Balaban J connectivity index is 1.11. The van der Waals surface area contributed by atoms with Crippen LogP contribution in [0, 0.1) is 23.5 Å². The molecule has 0 bridgehead atoms. The molecular weight excluding hydrogens is 943 g/mol. The minimum Gasteiger partial charge on any atom is -0.343 e. The number of likely N-dealkylation sites (tertiary alicyclic amines) is 2. The van der Waals surface area contributed by atoms with Gasteiger partial charge in [-0.2, -0.15) is 0 Å². The number of likely N-dealkylation sites (N-methyl/N-ethyl adjacent to an activating group) is 2. The van der Waals surface area contributed by atoms with Gasteiger partial charge in [-0.05, 0) is 164 Å². The molecule has 16 heteroatoms. The molecule has 402 valence electrons. The van der Waals surface area contributed by atoms with Crippen LogP contribution in [0.15, 0.2) is 72.8 Å². The average molecular weight is 1020 g/mol. The molecule has 4 fully saturated rings. The van der Waals surface area contributed by atoms with E-state index in [-0.39, 0.29) is 84.1 Å². The second-order valence-electron chi connectivity index (χ2n) is 21.3. The topological polar surface area (TPSA) is 163 Å². The average Bonchev–Trinajstić information content (AvgIpc) is 4.11. The highest BCUT2D eigenvalue weighted by Crippen LogP contribution is 2.32. The third-order valence-electron chi connectivity index (χ3n) is 16.3. The lowest BCUT2D eigenvalue weighted by molar-refractivity contribution is -0.139. The number of benzene rings is 3. The van der Waals surface area contributed by atoms with Crippen molar-refractivity contribution in [1.29, 1.82) is 0 Å². The van der Waals surface area contributed by atoms with E-state index in [0.717, 1.165) is 88.2 Å². The Kier molecular flexibility index (Phi) is 20.6. The molecule has 2 aliphatic heterocycles. The molecule has 3 aromatic rings. The number of hydrogen-bond acceptors (Lipinski definition) is 8. The minimum absolute atomic E-state index is 0.0199. The highest BCUT2D eigenvalue weighted by atomic mass is 19.1. The maximum atomic E-state index is 14.7. The number of halogens is 2. The van der Waals surface area contributed by atoms with Crippen LogP contribution in [0.1, 0.15) is 136 Å². The van der Waals surface area contributed by atoms with Crippen LogP contribution in [0.2, 0.25) is 0 Å². The van der Waals surface area contributed by atoms with Gasteiger partial charge in [0.1, 0.15) is 23.7 Å². The molecule has 2 heterocycles. The maximum Gasteiger partial charge on any atom is 0.253 e. The summed E-state index contributed by atoms with van der Waals surface area (Å²) in [4.78, 5) is 92.5. The quantitative estimate of drug-likeness (QED) is 0.0869. The fourth-order valence-electron chi connectivity index (χ4n) is 11.5. The van der Waals surface area contributed by atoms with Crippen LogP contribution in [0.4, 0.5) is 8.78 Å². The first-order valence-corrected chi connectivity index (χ1v) is 27.5. The summed E-state index contributed by atoms with van der Waals surface area (Å²) in [6, 6.07) is 16.1. The number of nitrogens with one attached hydrogen (secondary N) is 4. The van der Waals surface area contributed by atoms with Gasteiger partial charge in [0, 0.05) is 62.5 Å². The number of amides is 6. The van der Waals surface area contributed by atoms with Gasteiger partial charge < -0.3 is 40.9 Å². The third-order valence-corrected chi connectivity index (χ3v) is 16.3. The lowest BCUT2D eigenvalue weighted by atomic mass is 9.83. The Bertz CT molecular complexity index is 2180. The van der Waals surface area contributed by atoms with Crippen molar-refractivity contribution in [2.24, 2.45) is 11.8 Å². The summed E-state index contributed by atoms with van der Waals surface area (Å²) < 4.78 is 27.9. The molecule has 14 nitrogen and oxygen atoms in total. The molecule has 0 radical (unpaired) electrons. The lowest BCUT2D eigenvalue weighted by Crippen LogP contribution is -2.57. The Labute approximate surface area is 437 Å². The summed E-state index contributed by atoms with van der Waals surface area (Å²) in [7, 11) is 3.43. The van der Waals surface area contributed by atoms with Crippen molar-refractivity contribution in [1.82, 2.24) is 40.9 Å². The molecule has 74 heavy (non-hydrogen) atoms. The van der Waals surface area contributed by atoms with Crippen LogP contribution in [-0.2, 0) is 32.0 Å². The largest absolute Gasteiger partial charge is 0.343 e. The van der Waals surface area contributed by atoms with Gasteiger partial charge in [0.2, 0.25) is 23.6 Å². The number of carbonyl (C=O) groups excluding carboxylic acids is 6. The zero-order valence-corrected chi connectivity index (χ0v) is 44.1. The normalized spacial score (nSPS) is 20.1. The zero-order valence-electron chi connectivity index (χ0n) is 44.1. The molecular formula is C58H80F2N8O6. The first-order valence-electron chi connectivity index (χ1n) is 27.5. The highest BCUT2D eigenvalue weighted by Gasteiger charge is 2.41. The van der Waals surface area contributed by atoms with Crippen LogP contribution in [0.3, 0.4) is 0 Å². The second kappa shape index (κ2) is 27.2. The van der Waals surface area contributed by atoms with E-state index in [9.17, 15) is 37.5 Å². The second-order valence-corrected chi connectivity index (χ2v) is 21.3. The zero-order chi connectivity index (χ0) is 52.7. The molecule has 4 N–H and O–H groups in total. The fourth-order valence-corrected chi connectivity index (χ4v) is 11.5. The molecule has 0 spiro atoms. The molecule has 6 amide bonds. The van der Waals surface area contributed by atoms with E-state index in [4.69, 9.17) is 0 Å². The van der Waals surface area contributed by atoms with Crippen LogP contribution >= 0.6 is 0 Å². The maximum absolute atomic E-state index is 14.7. The molecule has 4 aliphatic rings. The Morgan fingerprint density at radius 2 is 0.865 bits per heavy atom. The Morgan fingerprint density at radius 3 is 1.20 bits per heavy atom. The Hall–Kier alpha value is -5.74. The van der Waals surface area contributed by atoms with Gasteiger partial charge in [-0.3, -0.25) is 28.8 Å². The summed E-state index contributed by atoms with van der Waals surface area (Å²) in [5.74, 6) is -1.90. The van der Waals surface area contributed by atoms with E-state index in [1.54, 1.807) is 86.3 Å². The predicted molar refractivity (Wildman–Crippen MR) is 282 cm³/mol. The van der Waals surface area contributed by atoms with E-state index in [2.05, 4.69) is 21.3 Å². The standard InChI is InChI=1S/C58H80F2N8O6/c1-39(61-3)53(69)63-51(43-13-7-5-8-14-43)57(73)67-33-11-17-49(67)37-65(35-31-41-19-27-47(59)28-20-41)55(71)45-23-25-46(26-24-45)56(72)66(36-32-42-21-29-48(60)30-22-42)38-50-18-12-34-68(50)58(74)52(44-15-9-6-10-16-44)64-54(70)40(2)62-4/h19-30,39-40,43-44,49-52,61-62H,5-18,31-38H2,1-4H3,(H,63,69)(H,64,70)/t39-,40-,49-,50-,51-,52-/m0/s1. The lowest BCUT2D eigenvalue weighted by Gasteiger charge is -2.37. The van der Waals surface area contributed by atoms with Gasteiger partial charge in [-0.1, -0.05) is 62.8 Å². The SMILES string of the molecule is CN[C@@H](C)C(=O)N[C@H](C(=O)N1CCC[C@H]1CN(CCc1ccc(F)cc1)C(=O)c1ccc(C(=O)N(CCc2ccc(F)cc2)C[C@@H]2CCCN2C(=O)[C@@H](NC(=O)[C@H](C)NC)C2CCCCC2)cc1)C1CCCCC1. The van der Waals surface area contributed by atoms with Gasteiger partial charge >= 0.3 is 0 Å². The summed E-state index contributed by atoms with van der Waals surface area (Å²) in [5.41, 5.74) is 2.42. The number of rotatable bonds is 22. The predicted octanol–water partition coefficient (Wildman–Crippen LogP) is 6.66. The van der Waals surface area contributed by atoms with E-state index in [1.165, 1.54) is 24.3 Å². The van der Waals surface area contributed by atoms with Crippen molar-refractivity contribution in [3.63, 3.8) is 0 Å². The van der Waals surface area contributed by atoms with E-state index in [1.807, 2.05) is 9.80 Å². The molecule has 7 rings (SSSR count). The van der Waals surface area contributed by atoms with Crippen molar-refractivity contribution in [3.05, 3.63) is 107 Å². The first-order chi connectivity index (χ1) is 35.7. The molecule has 2 saturated heterocycles. The van der Waals surface area contributed by atoms with E-state index >= 15 is 0 Å². The summed E-state index contributed by atoms with van der Waals surface area (Å²) in [6.07, 6.45) is 13.4. The third kappa shape index (κ3) is 14.8. The molecule has 6 atom stereocenters. The highest BCUT2D eigenvalue weighted by molar-refractivity contribution is 5.98. The van der Waals surface area contributed by atoms with Gasteiger partial charge in [-0.15, -0.1) is 0 Å². The van der Waals surface area contributed by atoms with Gasteiger partial charge in [0.25, 0.3) is 11.8 Å². The number of nitrogens with zero attached hydrogens (tertiary/aromatic N) is 4. The van der Waals surface area contributed by atoms with Crippen LogP contribution in [-0.4, -0.2) is 145 Å². The van der Waals surface area contributed by atoms with Crippen LogP contribution < -0.4 is 21.3 Å². The van der Waals surface area contributed by atoms with E-state index in [0.29, 0.717) is 63.0 Å².